The van der Waals surface area contributed by atoms with E-state index in [-0.39, 0.29) is 6.54 Å². The van der Waals surface area contributed by atoms with E-state index in [4.69, 9.17) is 10.8 Å². The van der Waals surface area contributed by atoms with Crippen molar-refractivity contribution in [2.45, 2.75) is 39.7 Å². The maximum Gasteiger partial charge on any atom is 0.315 e. The van der Waals surface area contributed by atoms with Crippen LogP contribution in [0.4, 0.5) is 4.79 Å². The Kier molecular flexibility index (Phi) is 6.15. The van der Waals surface area contributed by atoms with Crippen molar-refractivity contribution in [1.82, 2.24) is 10.6 Å². The van der Waals surface area contributed by atoms with E-state index >= 15 is 0 Å². The van der Waals surface area contributed by atoms with E-state index in [9.17, 15) is 14.4 Å². The van der Waals surface area contributed by atoms with Crippen molar-refractivity contribution >= 4 is 17.9 Å². The summed E-state index contributed by atoms with van der Waals surface area (Å²) in [5.41, 5.74) is 4.17. The summed E-state index contributed by atoms with van der Waals surface area (Å²) in [7, 11) is 0. The fraction of sp³-hybridized carbons (Fsp3) is 0.727. The minimum atomic E-state index is -0.923. The first-order chi connectivity index (χ1) is 8.20. The lowest BCUT2D eigenvalue weighted by molar-refractivity contribution is -0.147. The van der Waals surface area contributed by atoms with Gasteiger partial charge in [-0.05, 0) is 26.7 Å². The van der Waals surface area contributed by atoms with E-state index in [1.165, 1.54) is 0 Å². The number of nitrogens with one attached hydrogen (secondary N) is 2. The summed E-state index contributed by atoms with van der Waals surface area (Å²) >= 11 is 0. The Balaban J connectivity index is 4.05. The summed E-state index contributed by atoms with van der Waals surface area (Å²) < 4.78 is 0. The summed E-state index contributed by atoms with van der Waals surface area (Å²) in [6, 6.07) is -1.24. The van der Waals surface area contributed by atoms with E-state index in [1.54, 1.807) is 20.8 Å². The summed E-state index contributed by atoms with van der Waals surface area (Å²) in [5, 5.41) is 13.8. The quantitative estimate of drug-likeness (QED) is 0.516. The van der Waals surface area contributed by atoms with Crippen LogP contribution in [-0.4, -0.2) is 35.6 Å². The minimum Gasteiger partial charge on any atom is -0.481 e. The Morgan fingerprint density at radius 2 is 1.89 bits per heavy atom. The van der Waals surface area contributed by atoms with E-state index in [0.717, 1.165) is 0 Å². The lowest BCUT2D eigenvalue weighted by atomic mass is 9.90. The molecule has 0 bridgehead atoms. The monoisotopic (exact) mass is 259 g/mol. The normalized spacial score (nSPS) is 12.6. The van der Waals surface area contributed by atoms with Crippen LogP contribution in [0.3, 0.4) is 0 Å². The molecule has 3 amide bonds. The number of urea groups is 1. The number of carboxylic acid groups (broad SMARTS) is 1. The maximum atomic E-state index is 11.4. The van der Waals surface area contributed by atoms with Crippen LogP contribution in [0.1, 0.15) is 33.6 Å². The molecule has 0 rings (SSSR count). The highest BCUT2D eigenvalue weighted by atomic mass is 16.4. The van der Waals surface area contributed by atoms with Gasteiger partial charge in [0.25, 0.3) is 0 Å². The number of aliphatic carboxylic acids is 1. The Labute approximate surface area is 106 Å². The van der Waals surface area contributed by atoms with Crippen LogP contribution in [0.25, 0.3) is 0 Å². The van der Waals surface area contributed by atoms with Gasteiger partial charge in [0.1, 0.15) is 6.04 Å². The van der Waals surface area contributed by atoms with E-state index in [2.05, 4.69) is 10.6 Å². The SMILES string of the molecule is CC[C@@H](NC(=O)NCCC(C)(C)C(=O)O)C(N)=O. The van der Waals surface area contributed by atoms with Crippen molar-refractivity contribution in [3.63, 3.8) is 0 Å². The maximum absolute atomic E-state index is 11.4. The predicted molar refractivity (Wildman–Crippen MR) is 65.8 cm³/mol. The molecule has 0 radical (unpaired) electrons. The fourth-order valence-electron chi connectivity index (χ4n) is 1.18. The fourth-order valence-corrected chi connectivity index (χ4v) is 1.18. The number of carbonyl (C=O) groups is 3. The van der Waals surface area contributed by atoms with Crippen molar-refractivity contribution in [2.75, 3.05) is 6.54 Å². The van der Waals surface area contributed by atoms with E-state index in [1.807, 2.05) is 0 Å². The van der Waals surface area contributed by atoms with Gasteiger partial charge < -0.3 is 21.5 Å². The third kappa shape index (κ3) is 5.51. The smallest absolute Gasteiger partial charge is 0.315 e. The third-order valence-corrected chi connectivity index (χ3v) is 2.67. The lowest BCUT2D eigenvalue weighted by Gasteiger charge is -2.19. The lowest BCUT2D eigenvalue weighted by Crippen LogP contribution is -2.48. The van der Waals surface area contributed by atoms with Gasteiger partial charge in [-0.25, -0.2) is 4.79 Å². The molecule has 1 atom stereocenters. The summed E-state index contributed by atoms with van der Waals surface area (Å²) in [6.07, 6.45) is 0.701. The molecule has 104 valence electrons. The van der Waals surface area contributed by atoms with Crippen molar-refractivity contribution in [2.24, 2.45) is 11.1 Å². The molecule has 0 aliphatic rings. The number of carbonyl (C=O) groups excluding carboxylic acids is 2. The average molecular weight is 259 g/mol. The number of primary amides is 1. The molecule has 0 aromatic rings. The van der Waals surface area contributed by atoms with Gasteiger partial charge in [0.05, 0.1) is 5.41 Å². The first-order valence-corrected chi connectivity index (χ1v) is 5.77. The Morgan fingerprint density at radius 1 is 1.33 bits per heavy atom. The summed E-state index contributed by atoms with van der Waals surface area (Å²) in [5.74, 6) is -1.52. The summed E-state index contributed by atoms with van der Waals surface area (Å²) in [4.78, 5) is 33.1. The zero-order chi connectivity index (χ0) is 14.3. The van der Waals surface area contributed by atoms with Crippen LogP contribution in [0.2, 0.25) is 0 Å². The second-order valence-corrected chi connectivity index (χ2v) is 4.70. The van der Waals surface area contributed by atoms with Crippen molar-refractivity contribution in [3.05, 3.63) is 0 Å². The van der Waals surface area contributed by atoms with E-state index < -0.39 is 29.4 Å². The number of hydrogen-bond donors (Lipinski definition) is 4. The standard InChI is InChI=1S/C11H21N3O4/c1-4-7(8(12)15)14-10(18)13-6-5-11(2,3)9(16)17/h7H,4-6H2,1-3H3,(H2,12,15)(H,16,17)(H2,13,14,18)/t7-/m1/s1. The summed E-state index contributed by atoms with van der Waals surface area (Å²) in [6.45, 7) is 5.09. The molecule has 5 N–H and O–H groups in total. The van der Waals surface area contributed by atoms with Gasteiger partial charge in [-0.2, -0.15) is 0 Å². The zero-order valence-electron chi connectivity index (χ0n) is 10.9. The number of hydrogen-bond acceptors (Lipinski definition) is 3. The van der Waals surface area contributed by atoms with Gasteiger partial charge in [-0.15, -0.1) is 0 Å². The van der Waals surface area contributed by atoms with Crippen LogP contribution in [0, 0.1) is 5.41 Å². The molecule has 0 fully saturated rings. The van der Waals surface area contributed by atoms with Crippen molar-refractivity contribution < 1.29 is 19.5 Å². The van der Waals surface area contributed by atoms with Gasteiger partial charge in [0.2, 0.25) is 5.91 Å². The molecule has 0 aromatic heterocycles. The second-order valence-electron chi connectivity index (χ2n) is 4.70. The van der Waals surface area contributed by atoms with Crippen LogP contribution >= 0.6 is 0 Å². The molecule has 18 heavy (non-hydrogen) atoms. The van der Waals surface area contributed by atoms with Crippen LogP contribution in [-0.2, 0) is 9.59 Å². The third-order valence-electron chi connectivity index (χ3n) is 2.67. The minimum absolute atomic E-state index is 0.209. The van der Waals surface area contributed by atoms with Gasteiger partial charge >= 0.3 is 12.0 Å². The van der Waals surface area contributed by atoms with Crippen molar-refractivity contribution in [1.29, 1.82) is 0 Å². The largest absolute Gasteiger partial charge is 0.481 e. The number of nitrogens with two attached hydrogens (primary N) is 1. The first-order valence-electron chi connectivity index (χ1n) is 5.77. The predicted octanol–water partition coefficient (Wildman–Crippen LogP) is 0.0504. The molecule has 0 aliphatic carbocycles. The topological polar surface area (TPSA) is 122 Å². The highest BCUT2D eigenvalue weighted by molar-refractivity contribution is 5.85. The van der Waals surface area contributed by atoms with Gasteiger partial charge in [-0.1, -0.05) is 6.92 Å². The molecule has 0 unspecified atom stereocenters. The second kappa shape index (κ2) is 6.83. The van der Waals surface area contributed by atoms with Gasteiger partial charge in [-0.3, -0.25) is 9.59 Å². The number of amides is 3. The van der Waals surface area contributed by atoms with E-state index in [0.29, 0.717) is 12.8 Å². The van der Waals surface area contributed by atoms with Crippen LogP contribution < -0.4 is 16.4 Å². The highest BCUT2D eigenvalue weighted by Gasteiger charge is 2.26. The van der Waals surface area contributed by atoms with Gasteiger partial charge in [0, 0.05) is 6.54 Å². The molecule has 7 heteroatoms. The Hall–Kier alpha value is -1.79. The van der Waals surface area contributed by atoms with Crippen LogP contribution in [0.15, 0.2) is 0 Å². The average Bonchev–Trinajstić information content (AvgIpc) is 2.24. The molecule has 7 nitrogen and oxygen atoms in total. The number of rotatable bonds is 7. The molecule has 0 heterocycles. The Bertz CT molecular complexity index is 328. The number of carboxylic acids is 1. The molecular weight excluding hydrogens is 238 g/mol. The highest BCUT2D eigenvalue weighted by Crippen LogP contribution is 2.19. The molecular formula is C11H21N3O4. The molecule has 0 spiro atoms. The molecule has 0 aliphatic heterocycles. The van der Waals surface area contributed by atoms with Gasteiger partial charge in [0.15, 0.2) is 0 Å². The zero-order valence-corrected chi connectivity index (χ0v) is 10.9. The first kappa shape index (κ1) is 16.2. The molecule has 0 saturated heterocycles. The molecule has 0 saturated carbocycles. The van der Waals surface area contributed by atoms with Crippen LogP contribution in [0.5, 0.6) is 0 Å². The van der Waals surface area contributed by atoms with Crippen molar-refractivity contribution in [3.8, 4) is 0 Å². The Morgan fingerprint density at radius 3 is 2.28 bits per heavy atom. The molecule has 0 aromatic carbocycles.